The molecule has 7 nitrogen and oxygen atoms in total. The average Bonchev–Trinajstić information content (AvgIpc) is 2.82. The van der Waals surface area contributed by atoms with Crippen LogP contribution in [-0.4, -0.2) is 43.0 Å². The number of fused-ring (bicyclic) bond motifs is 3. The summed E-state index contributed by atoms with van der Waals surface area (Å²) in [6, 6.07) is 10.3. The Morgan fingerprint density at radius 3 is 2.31 bits per heavy atom. The van der Waals surface area contributed by atoms with Crippen LogP contribution in [0.1, 0.15) is 24.9 Å². The Morgan fingerprint density at radius 2 is 1.66 bits per heavy atom. The van der Waals surface area contributed by atoms with E-state index >= 15 is 0 Å². The number of benzene rings is 2. The molecule has 1 unspecified atom stereocenters. The van der Waals surface area contributed by atoms with E-state index in [-0.39, 0.29) is 0 Å². The number of anilines is 1. The Kier molecular flexibility index (Phi) is 6.54. The quantitative estimate of drug-likeness (QED) is 0.653. The second kappa shape index (κ2) is 8.99. The highest BCUT2D eigenvalue weighted by atomic mass is 19.4. The Hall–Kier alpha value is -3.40. The molecule has 2 aromatic rings. The fraction of sp³-hybridized carbons (Fsp3) is 0.318. The maximum absolute atomic E-state index is 13.2. The molecule has 0 fully saturated rings. The van der Waals surface area contributed by atoms with Crippen molar-refractivity contribution in [2.75, 3.05) is 11.9 Å². The van der Waals surface area contributed by atoms with Gasteiger partial charge in [0, 0.05) is 12.6 Å². The third-order valence-corrected chi connectivity index (χ3v) is 5.23. The SMILES string of the molecule is C[C@H](NC(=O)C(N)CC(F)(F)F)C(=O)N[C@@H]1C(=O)N(C)c2ccccc2-c2ccccc21. The molecule has 1 aliphatic heterocycles. The number of para-hydroxylation sites is 1. The summed E-state index contributed by atoms with van der Waals surface area (Å²) in [5.74, 6) is -2.24. The number of nitrogens with one attached hydrogen (secondary N) is 2. The Labute approximate surface area is 182 Å². The number of nitrogens with two attached hydrogens (primary N) is 1. The van der Waals surface area contributed by atoms with Crippen molar-refractivity contribution in [2.24, 2.45) is 5.73 Å². The second-order valence-electron chi connectivity index (χ2n) is 7.60. The number of hydrogen-bond acceptors (Lipinski definition) is 4. The average molecular weight is 448 g/mol. The fourth-order valence-corrected chi connectivity index (χ4v) is 3.57. The molecule has 0 aromatic heterocycles. The Bertz CT molecular complexity index is 1040. The molecular weight excluding hydrogens is 425 g/mol. The lowest BCUT2D eigenvalue weighted by Crippen LogP contribution is -2.52. The highest BCUT2D eigenvalue weighted by Crippen LogP contribution is 2.39. The number of halogens is 3. The zero-order valence-corrected chi connectivity index (χ0v) is 17.4. The number of alkyl halides is 3. The monoisotopic (exact) mass is 448 g/mol. The van der Waals surface area contributed by atoms with Crippen LogP contribution in [0.3, 0.4) is 0 Å². The Morgan fingerprint density at radius 1 is 1.06 bits per heavy atom. The van der Waals surface area contributed by atoms with Crippen molar-refractivity contribution in [3.8, 4) is 11.1 Å². The lowest BCUT2D eigenvalue weighted by molar-refractivity contribution is -0.148. The molecule has 0 radical (unpaired) electrons. The van der Waals surface area contributed by atoms with Gasteiger partial charge in [0.25, 0.3) is 5.91 Å². The highest BCUT2D eigenvalue weighted by Gasteiger charge is 2.36. The molecule has 170 valence electrons. The first kappa shape index (κ1) is 23.3. The van der Waals surface area contributed by atoms with Crippen molar-refractivity contribution in [2.45, 2.75) is 37.6 Å². The van der Waals surface area contributed by atoms with Gasteiger partial charge in [-0.3, -0.25) is 14.4 Å². The van der Waals surface area contributed by atoms with E-state index in [0.717, 1.165) is 11.1 Å². The van der Waals surface area contributed by atoms with Gasteiger partial charge in [0.05, 0.1) is 18.2 Å². The van der Waals surface area contributed by atoms with E-state index in [4.69, 9.17) is 5.73 Å². The molecule has 1 heterocycles. The van der Waals surface area contributed by atoms with Crippen molar-refractivity contribution in [1.29, 1.82) is 0 Å². The zero-order chi connectivity index (χ0) is 23.6. The molecule has 3 atom stereocenters. The first-order chi connectivity index (χ1) is 15.0. The topological polar surface area (TPSA) is 105 Å². The van der Waals surface area contributed by atoms with Gasteiger partial charge in [-0.2, -0.15) is 13.2 Å². The molecule has 32 heavy (non-hydrogen) atoms. The molecule has 0 spiro atoms. The van der Waals surface area contributed by atoms with E-state index < -0.39 is 48.4 Å². The third kappa shape index (κ3) is 4.91. The van der Waals surface area contributed by atoms with E-state index in [0.29, 0.717) is 11.3 Å². The number of likely N-dealkylation sites (N-methyl/N-ethyl adjacent to an activating group) is 1. The van der Waals surface area contributed by atoms with Crippen LogP contribution in [-0.2, 0) is 14.4 Å². The smallest absolute Gasteiger partial charge is 0.343 e. The van der Waals surface area contributed by atoms with Gasteiger partial charge in [-0.1, -0.05) is 42.5 Å². The van der Waals surface area contributed by atoms with Gasteiger partial charge in [0.2, 0.25) is 11.8 Å². The summed E-state index contributed by atoms with van der Waals surface area (Å²) < 4.78 is 37.4. The van der Waals surface area contributed by atoms with Crippen LogP contribution >= 0.6 is 0 Å². The molecular formula is C22H23F3N4O3. The third-order valence-electron chi connectivity index (χ3n) is 5.23. The van der Waals surface area contributed by atoms with Gasteiger partial charge < -0.3 is 21.3 Å². The molecule has 0 saturated heterocycles. The van der Waals surface area contributed by atoms with E-state index in [1.54, 1.807) is 31.3 Å². The predicted molar refractivity (Wildman–Crippen MR) is 112 cm³/mol. The molecule has 1 aliphatic rings. The molecule has 2 aromatic carbocycles. The maximum atomic E-state index is 13.2. The minimum atomic E-state index is -4.61. The number of carbonyl (C=O) groups excluding carboxylic acids is 3. The summed E-state index contributed by atoms with van der Waals surface area (Å²) in [4.78, 5) is 39.3. The zero-order valence-electron chi connectivity index (χ0n) is 17.4. The van der Waals surface area contributed by atoms with Gasteiger partial charge in [-0.05, 0) is 24.1 Å². The lowest BCUT2D eigenvalue weighted by Gasteiger charge is -2.25. The molecule has 3 amide bonds. The van der Waals surface area contributed by atoms with Gasteiger partial charge in [-0.25, -0.2) is 0 Å². The number of rotatable bonds is 5. The van der Waals surface area contributed by atoms with Crippen molar-refractivity contribution in [1.82, 2.24) is 10.6 Å². The minimum absolute atomic E-state index is 0.400. The molecule has 0 bridgehead atoms. The number of amides is 3. The predicted octanol–water partition coefficient (Wildman–Crippen LogP) is 2.27. The van der Waals surface area contributed by atoms with Crippen LogP contribution in [0.2, 0.25) is 0 Å². The van der Waals surface area contributed by atoms with Gasteiger partial charge in [-0.15, -0.1) is 0 Å². The van der Waals surface area contributed by atoms with Crippen LogP contribution in [0.15, 0.2) is 48.5 Å². The summed E-state index contributed by atoms with van der Waals surface area (Å²) in [6.07, 6.45) is -6.12. The minimum Gasteiger partial charge on any atom is -0.343 e. The van der Waals surface area contributed by atoms with Crippen LogP contribution in [0.5, 0.6) is 0 Å². The standard InChI is InChI=1S/C22H23F3N4O3/c1-12(27-20(31)16(26)11-22(23,24)25)19(30)28-18-15-9-4-3-7-13(15)14-8-5-6-10-17(14)29(2)21(18)32/h3-10,12,16,18H,11,26H2,1-2H3,(H,27,31)(H,28,30)/t12-,16?,18-/m0/s1. The second-order valence-corrected chi connectivity index (χ2v) is 7.60. The maximum Gasteiger partial charge on any atom is 0.391 e. The molecule has 4 N–H and O–H groups in total. The summed E-state index contributed by atoms with van der Waals surface area (Å²) in [5.41, 5.74) is 8.09. The highest BCUT2D eigenvalue weighted by molar-refractivity contribution is 6.06. The summed E-state index contributed by atoms with van der Waals surface area (Å²) in [6.45, 7) is 1.30. The fourth-order valence-electron chi connectivity index (χ4n) is 3.57. The van der Waals surface area contributed by atoms with E-state index in [9.17, 15) is 27.6 Å². The first-order valence-electron chi connectivity index (χ1n) is 9.88. The van der Waals surface area contributed by atoms with E-state index in [2.05, 4.69) is 10.6 Å². The van der Waals surface area contributed by atoms with Crippen molar-refractivity contribution in [3.05, 3.63) is 54.1 Å². The number of hydrogen-bond donors (Lipinski definition) is 3. The normalized spacial score (nSPS) is 17.5. The van der Waals surface area contributed by atoms with E-state index in [1.165, 1.54) is 11.8 Å². The Balaban J connectivity index is 1.81. The molecule has 0 saturated carbocycles. The van der Waals surface area contributed by atoms with Crippen LogP contribution < -0.4 is 21.3 Å². The van der Waals surface area contributed by atoms with Gasteiger partial charge in [0.1, 0.15) is 12.1 Å². The number of nitrogens with zero attached hydrogens (tertiary/aromatic N) is 1. The van der Waals surface area contributed by atoms with Crippen molar-refractivity contribution in [3.63, 3.8) is 0 Å². The van der Waals surface area contributed by atoms with Crippen molar-refractivity contribution >= 4 is 23.4 Å². The van der Waals surface area contributed by atoms with Crippen LogP contribution in [0, 0.1) is 0 Å². The molecule has 10 heteroatoms. The van der Waals surface area contributed by atoms with Gasteiger partial charge >= 0.3 is 6.18 Å². The largest absolute Gasteiger partial charge is 0.391 e. The lowest BCUT2D eigenvalue weighted by atomic mass is 9.95. The summed E-state index contributed by atoms with van der Waals surface area (Å²) in [7, 11) is 1.59. The summed E-state index contributed by atoms with van der Waals surface area (Å²) >= 11 is 0. The van der Waals surface area contributed by atoms with Gasteiger partial charge in [0.15, 0.2) is 0 Å². The van der Waals surface area contributed by atoms with E-state index in [1.807, 2.05) is 24.3 Å². The molecule has 0 aliphatic carbocycles. The molecule has 3 rings (SSSR count). The van der Waals surface area contributed by atoms with Crippen LogP contribution in [0.4, 0.5) is 18.9 Å². The van der Waals surface area contributed by atoms with Crippen molar-refractivity contribution < 1.29 is 27.6 Å². The first-order valence-corrected chi connectivity index (χ1v) is 9.88. The summed E-state index contributed by atoms with van der Waals surface area (Å²) in [5, 5.41) is 4.79. The van der Waals surface area contributed by atoms with Crippen LogP contribution in [0.25, 0.3) is 11.1 Å². The number of carbonyl (C=O) groups is 3.